The van der Waals surface area contributed by atoms with Crippen molar-refractivity contribution in [2.75, 3.05) is 24.7 Å². The van der Waals surface area contributed by atoms with Crippen molar-refractivity contribution in [3.05, 3.63) is 82.6 Å². The topological polar surface area (TPSA) is 52.7 Å². The molecular formula is C26H29N3O2S2. The van der Waals surface area contributed by atoms with Gasteiger partial charge in [0.15, 0.2) is 0 Å². The first-order valence-electron chi connectivity index (χ1n) is 11.1. The molecule has 1 aliphatic carbocycles. The zero-order chi connectivity index (χ0) is 23.0. The maximum atomic E-state index is 13.4. The second kappa shape index (κ2) is 11.4. The molecule has 0 atom stereocenters. The number of amides is 3. The Hall–Kier alpha value is -2.77. The summed E-state index contributed by atoms with van der Waals surface area (Å²) in [6.07, 6.45) is 4.25. The number of nitrogens with one attached hydrogen (secondary N) is 1. The van der Waals surface area contributed by atoms with E-state index >= 15 is 0 Å². The zero-order valence-electron chi connectivity index (χ0n) is 18.8. The molecule has 33 heavy (non-hydrogen) atoms. The van der Waals surface area contributed by atoms with E-state index in [-0.39, 0.29) is 18.5 Å². The Kier molecular flexibility index (Phi) is 8.07. The number of urea groups is 1. The van der Waals surface area contributed by atoms with E-state index in [4.69, 9.17) is 0 Å². The van der Waals surface area contributed by atoms with Gasteiger partial charge >= 0.3 is 6.03 Å². The van der Waals surface area contributed by atoms with Gasteiger partial charge in [0.2, 0.25) is 5.91 Å². The van der Waals surface area contributed by atoms with E-state index < -0.39 is 0 Å². The fraction of sp³-hybridized carbons (Fsp3) is 0.308. The molecule has 3 aromatic rings. The van der Waals surface area contributed by atoms with Crippen LogP contribution in [0.2, 0.25) is 0 Å². The predicted molar refractivity (Wildman–Crippen MR) is 137 cm³/mol. The highest BCUT2D eigenvalue weighted by atomic mass is 32.2. The van der Waals surface area contributed by atoms with Crippen molar-refractivity contribution in [1.82, 2.24) is 9.80 Å². The van der Waals surface area contributed by atoms with Crippen molar-refractivity contribution in [1.29, 1.82) is 0 Å². The molecule has 0 aliphatic heterocycles. The lowest BCUT2D eigenvalue weighted by Crippen LogP contribution is -2.44. The number of anilines is 1. The number of nitrogens with zero attached hydrogens (tertiary/aromatic N) is 2. The van der Waals surface area contributed by atoms with Gasteiger partial charge in [-0.1, -0.05) is 36.4 Å². The third-order valence-corrected chi connectivity index (χ3v) is 7.23. The first kappa shape index (κ1) is 23.4. The molecule has 4 rings (SSSR count). The summed E-state index contributed by atoms with van der Waals surface area (Å²) >= 11 is 3.30. The van der Waals surface area contributed by atoms with E-state index in [1.807, 2.05) is 83.3 Å². The normalized spacial score (nSPS) is 12.9. The third kappa shape index (κ3) is 7.11. The SMILES string of the molecule is CSc1ccc(NC(=O)N(CC(=O)N(Cc2ccccc2)Cc2cccs2)CC2CC2)cc1. The van der Waals surface area contributed by atoms with Crippen LogP contribution in [0.15, 0.2) is 77.0 Å². The van der Waals surface area contributed by atoms with Gasteiger partial charge in [-0.3, -0.25) is 4.79 Å². The Morgan fingerprint density at radius 1 is 0.970 bits per heavy atom. The first-order chi connectivity index (χ1) is 16.1. The molecule has 2 aromatic carbocycles. The summed E-state index contributed by atoms with van der Waals surface area (Å²) in [7, 11) is 0. The number of carbonyl (C=O) groups excluding carboxylic acids is 2. The van der Waals surface area contributed by atoms with Gasteiger partial charge < -0.3 is 15.1 Å². The standard InChI is InChI=1S/C26H29N3O2S2/c1-32-23-13-11-22(12-14-23)27-26(31)29(17-21-9-10-21)19-25(30)28(18-24-8-5-15-33-24)16-20-6-3-2-4-7-20/h2-8,11-15,21H,9-10,16-19H2,1H3,(H,27,31). The van der Waals surface area contributed by atoms with Crippen molar-refractivity contribution >= 4 is 40.7 Å². The quantitative estimate of drug-likeness (QED) is 0.366. The summed E-state index contributed by atoms with van der Waals surface area (Å²) in [5.41, 5.74) is 1.82. The van der Waals surface area contributed by atoms with Crippen LogP contribution in [0.3, 0.4) is 0 Å². The highest BCUT2D eigenvalue weighted by Crippen LogP contribution is 2.30. The Bertz CT molecular complexity index is 1040. The van der Waals surface area contributed by atoms with Gasteiger partial charge in [-0.15, -0.1) is 23.1 Å². The molecule has 172 valence electrons. The second-order valence-corrected chi connectivity index (χ2v) is 10.2. The van der Waals surface area contributed by atoms with Crippen LogP contribution in [0.1, 0.15) is 23.3 Å². The smallest absolute Gasteiger partial charge is 0.322 e. The Labute approximate surface area is 203 Å². The number of carbonyl (C=O) groups is 2. The molecule has 1 N–H and O–H groups in total. The summed E-state index contributed by atoms with van der Waals surface area (Å²) in [5, 5.41) is 5.00. The van der Waals surface area contributed by atoms with Gasteiger partial charge in [0.1, 0.15) is 6.54 Å². The molecule has 0 spiro atoms. The number of rotatable bonds is 10. The molecule has 3 amide bonds. The minimum Gasteiger partial charge on any atom is -0.332 e. The van der Waals surface area contributed by atoms with Crippen molar-refractivity contribution in [2.24, 2.45) is 5.92 Å². The van der Waals surface area contributed by atoms with Gasteiger partial charge in [-0.25, -0.2) is 4.79 Å². The number of thiophene rings is 1. The Morgan fingerprint density at radius 3 is 2.36 bits per heavy atom. The van der Waals surface area contributed by atoms with Gasteiger partial charge in [0.05, 0.1) is 6.54 Å². The number of hydrogen-bond acceptors (Lipinski definition) is 4. The summed E-state index contributed by atoms with van der Waals surface area (Å²) in [6.45, 7) is 1.75. The minimum atomic E-state index is -0.220. The van der Waals surface area contributed by atoms with Crippen molar-refractivity contribution < 1.29 is 9.59 Å². The Morgan fingerprint density at radius 2 is 1.73 bits per heavy atom. The largest absolute Gasteiger partial charge is 0.332 e. The summed E-state index contributed by atoms with van der Waals surface area (Å²) in [5.74, 6) is 0.447. The average molecular weight is 480 g/mol. The van der Waals surface area contributed by atoms with Gasteiger partial charge in [0, 0.05) is 28.5 Å². The van der Waals surface area contributed by atoms with Gasteiger partial charge in [-0.05, 0) is 66.3 Å². The molecule has 1 aromatic heterocycles. The van der Waals surface area contributed by atoms with E-state index in [0.29, 0.717) is 25.6 Å². The molecule has 7 heteroatoms. The van der Waals surface area contributed by atoms with Crippen LogP contribution in [0, 0.1) is 5.92 Å². The lowest BCUT2D eigenvalue weighted by molar-refractivity contribution is -0.133. The fourth-order valence-corrected chi connectivity index (χ4v) is 4.73. The second-order valence-electron chi connectivity index (χ2n) is 8.30. The molecule has 1 fully saturated rings. The zero-order valence-corrected chi connectivity index (χ0v) is 20.4. The van der Waals surface area contributed by atoms with Crippen LogP contribution in [0.4, 0.5) is 10.5 Å². The molecule has 0 unspecified atom stereocenters. The molecule has 0 bridgehead atoms. The maximum absolute atomic E-state index is 13.4. The van der Waals surface area contributed by atoms with Crippen molar-refractivity contribution in [3.63, 3.8) is 0 Å². The number of hydrogen-bond donors (Lipinski definition) is 1. The number of thioether (sulfide) groups is 1. The van der Waals surface area contributed by atoms with Crippen molar-refractivity contribution in [3.8, 4) is 0 Å². The molecule has 1 aliphatic rings. The predicted octanol–water partition coefficient (Wildman–Crippen LogP) is 5.94. The summed E-state index contributed by atoms with van der Waals surface area (Å²) in [4.78, 5) is 32.3. The van der Waals surface area contributed by atoms with Crippen LogP contribution in [-0.4, -0.2) is 41.1 Å². The molecule has 0 radical (unpaired) electrons. The maximum Gasteiger partial charge on any atom is 0.322 e. The Balaban J connectivity index is 1.46. The fourth-order valence-electron chi connectivity index (χ4n) is 3.60. The van der Waals surface area contributed by atoms with Gasteiger partial charge in [0.25, 0.3) is 0 Å². The molecular weight excluding hydrogens is 450 g/mol. The van der Waals surface area contributed by atoms with E-state index in [1.54, 1.807) is 28.0 Å². The lowest BCUT2D eigenvalue weighted by atomic mass is 10.2. The highest BCUT2D eigenvalue weighted by molar-refractivity contribution is 7.98. The van der Waals surface area contributed by atoms with Crippen LogP contribution in [-0.2, 0) is 17.9 Å². The van der Waals surface area contributed by atoms with E-state index in [1.165, 1.54) is 0 Å². The van der Waals surface area contributed by atoms with E-state index in [0.717, 1.165) is 33.9 Å². The first-order valence-corrected chi connectivity index (χ1v) is 13.2. The average Bonchev–Trinajstić information content (AvgIpc) is 3.51. The van der Waals surface area contributed by atoms with Crippen LogP contribution in [0.25, 0.3) is 0 Å². The van der Waals surface area contributed by atoms with Crippen LogP contribution < -0.4 is 5.32 Å². The lowest BCUT2D eigenvalue weighted by Gasteiger charge is -2.28. The van der Waals surface area contributed by atoms with E-state index in [9.17, 15) is 9.59 Å². The van der Waals surface area contributed by atoms with E-state index in [2.05, 4.69) is 5.32 Å². The van der Waals surface area contributed by atoms with Crippen molar-refractivity contribution in [2.45, 2.75) is 30.8 Å². The van der Waals surface area contributed by atoms with Crippen LogP contribution >= 0.6 is 23.1 Å². The molecule has 1 heterocycles. The number of benzene rings is 2. The molecule has 0 saturated heterocycles. The third-order valence-electron chi connectivity index (χ3n) is 5.63. The summed E-state index contributed by atoms with van der Waals surface area (Å²) < 4.78 is 0. The highest BCUT2D eigenvalue weighted by Gasteiger charge is 2.29. The van der Waals surface area contributed by atoms with Gasteiger partial charge in [-0.2, -0.15) is 0 Å². The summed E-state index contributed by atoms with van der Waals surface area (Å²) in [6, 6.07) is 21.6. The molecule has 5 nitrogen and oxygen atoms in total. The molecule has 1 saturated carbocycles. The van der Waals surface area contributed by atoms with Crippen LogP contribution in [0.5, 0.6) is 0 Å². The minimum absolute atomic E-state index is 0.0409. The monoisotopic (exact) mass is 479 g/mol.